The van der Waals surface area contributed by atoms with Gasteiger partial charge in [-0.05, 0) is 0 Å². The van der Waals surface area contributed by atoms with Crippen molar-refractivity contribution in [2.45, 2.75) is 32.1 Å². The quantitative estimate of drug-likeness (QED) is 0.743. The highest BCUT2D eigenvalue weighted by Crippen LogP contribution is 2.44. The van der Waals surface area contributed by atoms with Gasteiger partial charge in [0, 0.05) is 42.9 Å². The molecular weight excluding hydrogens is 312 g/mol. The standard InChI is InChI=1S/C18H22O6/c1-5-12(19)18-13(20)6-10(7-14(18)21)17-15(23-3)8-11(22-2)9-16(17)24-4/h8-10,18H,5-7H2,1-4H3. The predicted molar refractivity (Wildman–Crippen MR) is 86.9 cm³/mol. The van der Waals surface area contributed by atoms with Gasteiger partial charge in [-0.25, -0.2) is 0 Å². The summed E-state index contributed by atoms with van der Waals surface area (Å²) >= 11 is 0. The fourth-order valence-electron chi connectivity index (χ4n) is 3.18. The molecule has 0 amide bonds. The molecule has 0 aromatic heterocycles. The SMILES string of the molecule is CCC(=O)C1C(=O)CC(c2c(OC)cc(OC)cc2OC)CC1=O. The first kappa shape index (κ1) is 18.0. The fraction of sp³-hybridized carbons (Fsp3) is 0.500. The molecule has 0 saturated heterocycles. The smallest absolute Gasteiger partial charge is 0.151 e. The number of Topliss-reactive ketones (excluding diaryl/α,β-unsaturated/α-hetero) is 3. The van der Waals surface area contributed by atoms with E-state index in [2.05, 4.69) is 0 Å². The highest BCUT2D eigenvalue weighted by molar-refractivity contribution is 6.21. The molecule has 24 heavy (non-hydrogen) atoms. The van der Waals surface area contributed by atoms with Crippen LogP contribution in [0.25, 0.3) is 0 Å². The van der Waals surface area contributed by atoms with Crippen molar-refractivity contribution in [3.8, 4) is 17.2 Å². The first-order chi connectivity index (χ1) is 11.5. The summed E-state index contributed by atoms with van der Waals surface area (Å²) in [5, 5.41) is 0. The molecule has 1 aromatic rings. The summed E-state index contributed by atoms with van der Waals surface area (Å²) < 4.78 is 16.0. The summed E-state index contributed by atoms with van der Waals surface area (Å²) in [5.41, 5.74) is 0.657. The van der Waals surface area contributed by atoms with E-state index in [-0.39, 0.29) is 42.5 Å². The van der Waals surface area contributed by atoms with E-state index >= 15 is 0 Å². The summed E-state index contributed by atoms with van der Waals surface area (Å²) in [6.07, 6.45) is 0.407. The molecule has 130 valence electrons. The molecule has 0 unspecified atom stereocenters. The topological polar surface area (TPSA) is 78.9 Å². The Bertz CT molecular complexity index is 620. The largest absolute Gasteiger partial charge is 0.496 e. The van der Waals surface area contributed by atoms with Gasteiger partial charge in [-0.1, -0.05) is 6.92 Å². The van der Waals surface area contributed by atoms with Crippen LogP contribution in [-0.2, 0) is 14.4 Å². The lowest BCUT2D eigenvalue weighted by Gasteiger charge is -2.28. The molecule has 6 heteroatoms. The van der Waals surface area contributed by atoms with Gasteiger partial charge < -0.3 is 14.2 Å². The molecule has 0 aliphatic heterocycles. The third-order valence-corrected chi connectivity index (χ3v) is 4.37. The zero-order valence-corrected chi connectivity index (χ0v) is 14.4. The second-order valence-corrected chi connectivity index (χ2v) is 5.74. The van der Waals surface area contributed by atoms with E-state index < -0.39 is 5.92 Å². The summed E-state index contributed by atoms with van der Waals surface area (Å²) in [6, 6.07) is 3.38. The molecule has 0 heterocycles. The average molecular weight is 334 g/mol. The number of rotatable bonds is 6. The predicted octanol–water partition coefficient (Wildman–Crippen LogP) is 2.32. The lowest BCUT2D eigenvalue weighted by molar-refractivity contribution is -0.142. The Morgan fingerprint density at radius 2 is 1.50 bits per heavy atom. The van der Waals surface area contributed by atoms with Gasteiger partial charge in [0.05, 0.1) is 21.3 Å². The third-order valence-electron chi connectivity index (χ3n) is 4.37. The summed E-state index contributed by atoms with van der Waals surface area (Å²) in [5.74, 6) is -0.902. The monoisotopic (exact) mass is 334 g/mol. The molecule has 1 aliphatic rings. The minimum absolute atomic E-state index is 0.112. The number of ether oxygens (including phenoxy) is 3. The maximum atomic E-state index is 12.4. The van der Waals surface area contributed by atoms with E-state index in [0.717, 1.165) is 0 Å². The van der Waals surface area contributed by atoms with Crippen LogP contribution in [0.1, 0.15) is 37.7 Å². The summed E-state index contributed by atoms with van der Waals surface area (Å²) in [6.45, 7) is 1.66. The molecule has 0 N–H and O–H groups in total. The molecule has 1 aliphatic carbocycles. The molecule has 2 rings (SSSR count). The molecular formula is C18H22O6. The van der Waals surface area contributed by atoms with Crippen molar-refractivity contribution < 1.29 is 28.6 Å². The summed E-state index contributed by atoms with van der Waals surface area (Å²) in [7, 11) is 4.55. The number of hydrogen-bond donors (Lipinski definition) is 0. The van der Waals surface area contributed by atoms with E-state index in [1.165, 1.54) is 21.3 Å². The zero-order valence-electron chi connectivity index (χ0n) is 14.4. The highest BCUT2D eigenvalue weighted by Gasteiger charge is 2.41. The molecule has 1 aromatic carbocycles. The maximum absolute atomic E-state index is 12.4. The fourth-order valence-corrected chi connectivity index (χ4v) is 3.18. The van der Waals surface area contributed by atoms with Gasteiger partial charge in [0.15, 0.2) is 17.3 Å². The normalized spacial score (nSPS) is 20.7. The van der Waals surface area contributed by atoms with E-state index in [4.69, 9.17) is 14.2 Å². The van der Waals surface area contributed by atoms with Crippen LogP contribution in [0.15, 0.2) is 12.1 Å². The van der Waals surface area contributed by atoms with Crippen molar-refractivity contribution in [3.63, 3.8) is 0 Å². The van der Waals surface area contributed by atoms with E-state index in [9.17, 15) is 14.4 Å². The molecule has 1 saturated carbocycles. The molecule has 0 radical (unpaired) electrons. The van der Waals surface area contributed by atoms with Gasteiger partial charge >= 0.3 is 0 Å². The third kappa shape index (κ3) is 3.27. The average Bonchev–Trinajstić information content (AvgIpc) is 2.59. The number of benzene rings is 1. The first-order valence-electron chi connectivity index (χ1n) is 7.84. The van der Waals surface area contributed by atoms with E-state index in [1.807, 2.05) is 0 Å². The van der Waals surface area contributed by atoms with E-state index in [0.29, 0.717) is 22.8 Å². The lowest BCUT2D eigenvalue weighted by Crippen LogP contribution is -2.37. The van der Waals surface area contributed by atoms with Gasteiger partial charge in [-0.15, -0.1) is 0 Å². The van der Waals surface area contributed by atoms with Crippen LogP contribution in [0.3, 0.4) is 0 Å². The molecule has 6 nitrogen and oxygen atoms in total. The van der Waals surface area contributed by atoms with Crippen LogP contribution in [-0.4, -0.2) is 38.7 Å². The Hall–Kier alpha value is -2.37. The van der Waals surface area contributed by atoms with Gasteiger partial charge in [-0.3, -0.25) is 14.4 Å². The van der Waals surface area contributed by atoms with Gasteiger partial charge in [0.25, 0.3) is 0 Å². The van der Waals surface area contributed by atoms with Crippen molar-refractivity contribution in [3.05, 3.63) is 17.7 Å². The van der Waals surface area contributed by atoms with Crippen LogP contribution >= 0.6 is 0 Å². The Balaban J connectivity index is 2.41. The van der Waals surface area contributed by atoms with E-state index in [1.54, 1.807) is 19.1 Å². The first-order valence-corrected chi connectivity index (χ1v) is 7.84. The molecule has 0 bridgehead atoms. The number of carbonyl (C=O) groups is 3. The second kappa shape index (κ2) is 7.47. The van der Waals surface area contributed by atoms with Crippen molar-refractivity contribution in [2.24, 2.45) is 5.92 Å². The minimum atomic E-state index is -1.11. The van der Waals surface area contributed by atoms with Crippen molar-refractivity contribution in [1.29, 1.82) is 0 Å². The Morgan fingerprint density at radius 1 is 1.00 bits per heavy atom. The van der Waals surface area contributed by atoms with Crippen LogP contribution in [0.4, 0.5) is 0 Å². The van der Waals surface area contributed by atoms with Crippen molar-refractivity contribution >= 4 is 17.3 Å². The lowest BCUT2D eigenvalue weighted by atomic mass is 9.74. The number of methoxy groups -OCH3 is 3. The zero-order chi connectivity index (χ0) is 17.9. The molecule has 1 fully saturated rings. The molecule has 0 spiro atoms. The van der Waals surface area contributed by atoms with Crippen LogP contribution in [0.2, 0.25) is 0 Å². The number of hydrogen-bond acceptors (Lipinski definition) is 6. The van der Waals surface area contributed by atoms with Crippen molar-refractivity contribution in [1.82, 2.24) is 0 Å². The maximum Gasteiger partial charge on any atom is 0.151 e. The molecule has 0 atom stereocenters. The Kier molecular flexibility index (Phi) is 5.59. The highest BCUT2D eigenvalue weighted by atomic mass is 16.5. The number of carbonyl (C=O) groups excluding carboxylic acids is 3. The Morgan fingerprint density at radius 3 is 1.88 bits per heavy atom. The van der Waals surface area contributed by atoms with Crippen LogP contribution < -0.4 is 14.2 Å². The minimum Gasteiger partial charge on any atom is -0.496 e. The summed E-state index contributed by atoms with van der Waals surface area (Å²) in [4.78, 5) is 36.6. The van der Waals surface area contributed by atoms with Gasteiger partial charge in [0.1, 0.15) is 23.2 Å². The van der Waals surface area contributed by atoms with Gasteiger partial charge in [-0.2, -0.15) is 0 Å². The van der Waals surface area contributed by atoms with Gasteiger partial charge in [0.2, 0.25) is 0 Å². The van der Waals surface area contributed by atoms with Crippen molar-refractivity contribution in [2.75, 3.05) is 21.3 Å². The van der Waals surface area contributed by atoms with Crippen LogP contribution in [0, 0.1) is 5.92 Å². The number of ketones is 3. The second-order valence-electron chi connectivity index (χ2n) is 5.74. The Labute approximate surface area is 141 Å². The van der Waals surface area contributed by atoms with Crippen LogP contribution in [0.5, 0.6) is 17.2 Å².